The number of carbonyl (C=O) groups excluding carboxylic acids is 1. The molecule has 0 bridgehead atoms. The van der Waals surface area contributed by atoms with Crippen molar-refractivity contribution in [3.05, 3.63) is 0 Å². The van der Waals surface area contributed by atoms with E-state index in [1.54, 1.807) is 0 Å². The average molecular weight is 166 g/mol. The third-order valence-corrected chi connectivity index (χ3v) is 2.17. The topological polar surface area (TPSA) is 44.1 Å². The molecule has 3 nitrogen and oxygen atoms in total. The summed E-state index contributed by atoms with van der Waals surface area (Å²) in [6.07, 6.45) is 1.33. The summed E-state index contributed by atoms with van der Waals surface area (Å²) in [6, 6.07) is 2.20. The van der Waals surface area contributed by atoms with Crippen molar-refractivity contribution in [2.24, 2.45) is 5.92 Å². The van der Waals surface area contributed by atoms with Crippen molar-refractivity contribution in [1.29, 1.82) is 5.26 Å². The number of ketones is 1. The van der Waals surface area contributed by atoms with Gasteiger partial charge >= 0.3 is 0 Å². The van der Waals surface area contributed by atoms with Gasteiger partial charge in [0.05, 0.1) is 12.0 Å². The van der Waals surface area contributed by atoms with Gasteiger partial charge < -0.3 is 4.90 Å². The lowest BCUT2D eigenvalue weighted by molar-refractivity contribution is -0.121. The molecule has 0 N–H and O–H groups in total. The summed E-state index contributed by atoms with van der Waals surface area (Å²) in [5.74, 6) is 0.439. The Kier molecular flexibility index (Phi) is 3.24. The molecule has 0 aromatic rings. The van der Waals surface area contributed by atoms with E-state index in [4.69, 9.17) is 5.26 Å². The van der Waals surface area contributed by atoms with Crippen LogP contribution in [0.1, 0.15) is 19.8 Å². The van der Waals surface area contributed by atoms with Crippen LogP contribution in [0.3, 0.4) is 0 Å². The molecule has 1 unspecified atom stereocenters. The van der Waals surface area contributed by atoms with Gasteiger partial charge in [0.25, 0.3) is 0 Å². The molecule has 0 aliphatic carbocycles. The van der Waals surface area contributed by atoms with Crippen molar-refractivity contribution in [3.63, 3.8) is 0 Å². The highest BCUT2D eigenvalue weighted by molar-refractivity contribution is 5.79. The molecule has 0 spiro atoms. The Morgan fingerprint density at radius 1 is 1.58 bits per heavy atom. The number of piperidine rings is 1. The molecule has 1 rings (SSSR count). The second-order valence-corrected chi connectivity index (χ2v) is 3.37. The first-order chi connectivity index (χ1) is 5.72. The fraction of sp³-hybridized carbons (Fsp3) is 0.778. The van der Waals surface area contributed by atoms with Gasteiger partial charge in [-0.1, -0.05) is 0 Å². The summed E-state index contributed by atoms with van der Waals surface area (Å²) in [5.41, 5.74) is 0. The number of hydrogen-bond donors (Lipinski definition) is 0. The molecule has 66 valence electrons. The van der Waals surface area contributed by atoms with Crippen molar-refractivity contribution in [2.45, 2.75) is 19.8 Å². The molecule has 1 fully saturated rings. The van der Waals surface area contributed by atoms with Crippen LogP contribution >= 0.6 is 0 Å². The van der Waals surface area contributed by atoms with Gasteiger partial charge in [-0.3, -0.25) is 4.79 Å². The standard InChI is InChI=1S/C9H14N2O/c1-8(6-10)7-11-4-2-9(12)3-5-11/h8H,2-5,7H2,1H3. The third-order valence-electron chi connectivity index (χ3n) is 2.17. The lowest BCUT2D eigenvalue weighted by atomic mass is 10.1. The van der Waals surface area contributed by atoms with Gasteiger partial charge in [-0.15, -0.1) is 0 Å². The minimum Gasteiger partial charge on any atom is -0.301 e. The zero-order valence-corrected chi connectivity index (χ0v) is 7.42. The number of rotatable bonds is 2. The SMILES string of the molecule is CC(C#N)CN1CCC(=O)CC1. The number of likely N-dealkylation sites (tertiary alicyclic amines) is 1. The van der Waals surface area contributed by atoms with E-state index >= 15 is 0 Å². The third kappa shape index (κ3) is 2.63. The average Bonchev–Trinajstić information content (AvgIpc) is 2.09. The van der Waals surface area contributed by atoms with Crippen molar-refractivity contribution in [3.8, 4) is 6.07 Å². The van der Waals surface area contributed by atoms with E-state index in [-0.39, 0.29) is 5.92 Å². The predicted octanol–water partition coefficient (Wildman–Crippen LogP) is 0.811. The molecule has 0 saturated carbocycles. The van der Waals surface area contributed by atoms with Crippen LogP contribution in [0.2, 0.25) is 0 Å². The first kappa shape index (κ1) is 9.21. The fourth-order valence-corrected chi connectivity index (χ4v) is 1.41. The van der Waals surface area contributed by atoms with Crippen molar-refractivity contribution in [2.75, 3.05) is 19.6 Å². The summed E-state index contributed by atoms with van der Waals surface area (Å²) < 4.78 is 0. The Morgan fingerprint density at radius 2 is 2.17 bits per heavy atom. The fourth-order valence-electron chi connectivity index (χ4n) is 1.41. The number of carbonyl (C=O) groups is 1. The van der Waals surface area contributed by atoms with Gasteiger partial charge in [-0.25, -0.2) is 0 Å². The molecular weight excluding hydrogens is 152 g/mol. The highest BCUT2D eigenvalue weighted by Gasteiger charge is 2.17. The molecule has 0 radical (unpaired) electrons. The molecule has 0 aromatic carbocycles. The maximum atomic E-state index is 10.9. The van der Waals surface area contributed by atoms with Gasteiger partial charge in [0, 0.05) is 32.5 Å². The van der Waals surface area contributed by atoms with Crippen LogP contribution in [0.15, 0.2) is 0 Å². The summed E-state index contributed by atoms with van der Waals surface area (Å²) in [7, 11) is 0. The molecule has 3 heteroatoms. The highest BCUT2D eigenvalue weighted by atomic mass is 16.1. The molecule has 1 saturated heterocycles. The van der Waals surface area contributed by atoms with E-state index in [9.17, 15) is 4.79 Å². The molecule has 0 aromatic heterocycles. The summed E-state index contributed by atoms with van der Waals surface area (Å²) in [4.78, 5) is 13.1. The van der Waals surface area contributed by atoms with E-state index in [1.807, 2.05) is 6.92 Å². The van der Waals surface area contributed by atoms with Crippen LogP contribution in [-0.2, 0) is 4.79 Å². The monoisotopic (exact) mass is 166 g/mol. The molecule has 12 heavy (non-hydrogen) atoms. The van der Waals surface area contributed by atoms with Gasteiger partial charge in [-0.05, 0) is 6.92 Å². The Hall–Kier alpha value is -0.880. The van der Waals surface area contributed by atoms with Crippen LogP contribution in [0.5, 0.6) is 0 Å². The zero-order valence-electron chi connectivity index (χ0n) is 7.42. The number of nitriles is 1. The Labute approximate surface area is 73.0 Å². The van der Waals surface area contributed by atoms with Crippen molar-refractivity contribution >= 4 is 5.78 Å². The maximum Gasteiger partial charge on any atom is 0.135 e. The Morgan fingerprint density at radius 3 is 2.67 bits per heavy atom. The van der Waals surface area contributed by atoms with Crippen molar-refractivity contribution < 1.29 is 4.79 Å². The van der Waals surface area contributed by atoms with Crippen LogP contribution < -0.4 is 0 Å². The van der Waals surface area contributed by atoms with Crippen LogP contribution in [-0.4, -0.2) is 30.3 Å². The van der Waals surface area contributed by atoms with Crippen LogP contribution in [0, 0.1) is 17.2 Å². The normalized spacial score (nSPS) is 21.8. The van der Waals surface area contributed by atoms with E-state index in [2.05, 4.69) is 11.0 Å². The second-order valence-electron chi connectivity index (χ2n) is 3.37. The highest BCUT2D eigenvalue weighted by Crippen LogP contribution is 2.07. The molecular formula is C9H14N2O. The van der Waals surface area contributed by atoms with E-state index in [0.717, 1.165) is 19.6 Å². The maximum absolute atomic E-state index is 10.9. The quantitative estimate of drug-likeness (QED) is 0.609. The van der Waals surface area contributed by atoms with Gasteiger partial charge in [-0.2, -0.15) is 5.26 Å². The summed E-state index contributed by atoms with van der Waals surface area (Å²) in [6.45, 7) is 4.40. The van der Waals surface area contributed by atoms with E-state index in [0.29, 0.717) is 18.6 Å². The summed E-state index contributed by atoms with van der Waals surface area (Å²) >= 11 is 0. The lowest BCUT2D eigenvalue weighted by Gasteiger charge is -2.26. The first-order valence-corrected chi connectivity index (χ1v) is 4.36. The smallest absolute Gasteiger partial charge is 0.135 e. The van der Waals surface area contributed by atoms with Gasteiger partial charge in [0.2, 0.25) is 0 Å². The van der Waals surface area contributed by atoms with Gasteiger partial charge in [0.15, 0.2) is 0 Å². The second kappa shape index (κ2) is 4.22. The molecule has 0 amide bonds. The molecule has 1 aliphatic heterocycles. The minimum absolute atomic E-state index is 0.0817. The minimum atomic E-state index is 0.0817. The first-order valence-electron chi connectivity index (χ1n) is 4.36. The number of hydrogen-bond acceptors (Lipinski definition) is 3. The van der Waals surface area contributed by atoms with Crippen LogP contribution in [0.4, 0.5) is 0 Å². The van der Waals surface area contributed by atoms with E-state index < -0.39 is 0 Å². The van der Waals surface area contributed by atoms with Gasteiger partial charge in [0.1, 0.15) is 5.78 Å². The largest absolute Gasteiger partial charge is 0.301 e. The van der Waals surface area contributed by atoms with E-state index in [1.165, 1.54) is 0 Å². The molecule has 1 aliphatic rings. The number of Topliss-reactive ketones (excluding diaryl/α,β-unsaturated/α-hetero) is 1. The molecule has 1 atom stereocenters. The Bertz CT molecular complexity index is 197. The van der Waals surface area contributed by atoms with Crippen molar-refractivity contribution in [1.82, 2.24) is 4.90 Å². The zero-order chi connectivity index (χ0) is 8.97. The lowest BCUT2D eigenvalue weighted by Crippen LogP contribution is -2.36. The number of nitrogens with zero attached hydrogens (tertiary/aromatic N) is 2. The van der Waals surface area contributed by atoms with Crippen LogP contribution in [0.25, 0.3) is 0 Å². The summed E-state index contributed by atoms with van der Waals surface area (Å²) in [5, 5.41) is 8.57. The predicted molar refractivity (Wildman–Crippen MR) is 45.5 cm³/mol. The Balaban J connectivity index is 2.27. The molecule has 1 heterocycles.